The Bertz CT molecular complexity index is 600. The standard InChI is InChI=1S/C18H25N3/c1-3-19-17(9-10-18-20-11-12-21(18)2)16-8-7-14-5-4-6-15(14)13-16/h7-8,11-13,17,19H,3-6,9-10H2,1-2H3. The zero-order chi connectivity index (χ0) is 14.7. The van der Waals surface area contributed by atoms with Crippen molar-refractivity contribution < 1.29 is 0 Å². The number of fused-ring (bicyclic) bond motifs is 1. The third kappa shape index (κ3) is 3.18. The first-order chi connectivity index (χ1) is 10.3. The average Bonchev–Trinajstić information content (AvgIpc) is 3.11. The predicted octanol–water partition coefficient (Wildman–Crippen LogP) is 3.19. The molecule has 0 saturated carbocycles. The van der Waals surface area contributed by atoms with Crippen LogP contribution in [0.4, 0.5) is 0 Å². The van der Waals surface area contributed by atoms with Crippen molar-refractivity contribution in [2.24, 2.45) is 7.05 Å². The van der Waals surface area contributed by atoms with Gasteiger partial charge in [0.25, 0.3) is 0 Å². The zero-order valence-electron chi connectivity index (χ0n) is 13.1. The molecule has 0 bridgehead atoms. The van der Waals surface area contributed by atoms with E-state index in [-0.39, 0.29) is 0 Å². The SMILES string of the molecule is CCNC(CCc1nccn1C)c1ccc2c(c1)CCC2. The highest BCUT2D eigenvalue weighted by molar-refractivity contribution is 5.36. The van der Waals surface area contributed by atoms with E-state index in [1.54, 1.807) is 11.1 Å². The van der Waals surface area contributed by atoms with Gasteiger partial charge in [-0.05, 0) is 48.9 Å². The van der Waals surface area contributed by atoms with Gasteiger partial charge >= 0.3 is 0 Å². The van der Waals surface area contributed by atoms with Crippen LogP contribution in [0.25, 0.3) is 0 Å². The summed E-state index contributed by atoms with van der Waals surface area (Å²) in [5.74, 6) is 1.17. The van der Waals surface area contributed by atoms with E-state index in [9.17, 15) is 0 Å². The van der Waals surface area contributed by atoms with Crippen LogP contribution in [0.2, 0.25) is 0 Å². The van der Waals surface area contributed by atoms with Gasteiger partial charge in [-0.25, -0.2) is 4.98 Å². The molecular formula is C18H25N3. The number of nitrogens with zero attached hydrogens (tertiary/aromatic N) is 2. The molecule has 0 radical (unpaired) electrons. The number of nitrogens with one attached hydrogen (secondary N) is 1. The Morgan fingerprint density at radius 1 is 1.29 bits per heavy atom. The summed E-state index contributed by atoms with van der Waals surface area (Å²) in [5, 5.41) is 3.63. The number of aryl methyl sites for hydroxylation is 4. The van der Waals surface area contributed by atoms with Gasteiger partial charge < -0.3 is 9.88 Å². The lowest BCUT2D eigenvalue weighted by atomic mass is 9.97. The maximum atomic E-state index is 4.43. The summed E-state index contributed by atoms with van der Waals surface area (Å²) < 4.78 is 2.12. The maximum absolute atomic E-state index is 4.43. The van der Waals surface area contributed by atoms with E-state index in [2.05, 4.69) is 47.0 Å². The average molecular weight is 283 g/mol. The van der Waals surface area contributed by atoms with Crippen molar-refractivity contribution in [2.75, 3.05) is 6.54 Å². The van der Waals surface area contributed by atoms with Gasteiger partial charge in [0.2, 0.25) is 0 Å². The lowest BCUT2D eigenvalue weighted by Crippen LogP contribution is -2.22. The molecule has 0 aliphatic heterocycles. The van der Waals surface area contributed by atoms with Crippen LogP contribution >= 0.6 is 0 Å². The number of hydrogen-bond donors (Lipinski definition) is 1. The summed E-state index contributed by atoms with van der Waals surface area (Å²) in [5.41, 5.74) is 4.55. The van der Waals surface area contributed by atoms with Crippen LogP contribution < -0.4 is 5.32 Å². The summed E-state index contributed by atoms with van der Waals surface area (Å²) in [7, 11) is 2.07. The molecule has 1 N–H and O–H groups in total. The van der Waals surface area contributed by atoms with Crippen molar-refractivity contribution in [3.05, 3.63) is 53.1 Å². The zero-order valence-corrected chi connectivity index (χ0v) is 13.1. The van der Waals surface area contributed by atoms with E-state index in [4.69, 9.17) is 0 Å². The highest BCUT2D eigenvalue weighted by atomic mass is 15.0. The molecule has 0 amide bonds. The van der Waals surface area contributed by atoms with Crippen molar-refractivity contribution in [2.45, 2.75) is 45.1 Å². The number of aromatic nitrogens is 2. The minimum absolute atomic E-state index is 0.428. The van der Waals surface area contributed by atoms with E-state index < -0.39 is 0 Å². The molecule has 1 aromatic heterocycles. The third-order valence-electron chi connectivity index (χ3n) is 4.55. The van der Waals surface area contributed by atoms with E-state index in [0.717, 1.165) is 19.4 Å². The summed E-state index contributed by atoms with van der Waals surface area (Å²) in [6.45, 7) is 3.18. The fourth-order valence-electron chi connectivity index (χ4n) is 3.35. The van der Waals surface area contributed by atoms with E-state index in [1.165, 1.54) is 30.7 Å². The van der Waals surface area contributed by atoms with Crippen LogP contribution in [0.5, 0.6) is 0 Å². The van der Waals surface area contributed by atoms with Gasteiger partial charge in [-0.1, -0.05) is 25.1 Å². The van der Waals surface area contributed by atoms with E-state index in [1.807, 2.05) is 12.4 Å². The number of rotatable bonds is 6. The molecule has 21 heavy (non-hydrogen) atoms. The van der Waals surface area contributed by atoms with Gasteiger partial charge in [-0.15, -0.1) is 0 Å². The molecule has 1 unspecified atom stereocenters. The van der Waals surface area contributed by atoms with Crippen LogP contribution in [-0.4, -0.2) is 16.1 Å². The second-order valence-electron chi connectivity index (χ2n) is 5.99. The molecule has 0 saturated heterocycles. The minimum Gasteiger partial charge on any atom is -0.338 e. The molecule has 1 aliphatic carbocycles. The molecular weight excluding hydrogens is 258 g/mol. The largest absolute Gasteiger partial charge is 0.338 e. The third-order valence-corrected chi connectivity index (χ3v) is 4.55. The second kappa shape index (κ2) is 6.44. The minimum atomic E-state index is 0.428. The van der Waals surface area contributed by atoms with Crippen molar-refractivity contribution in [3.63, 3.8) is 0 Å². The fourth-order valence-corrected chi connectivity index (χ4v) is 3.35. The first-order valence-electron chi connectivity index (χ1n) is 8.09. The second-order valence-corrected chi connectivity index (χ2v) is 5.99. The van der Waals surface area contributed by atoms with Crippen LogP contribution in [-0.2, 0) is 26.3 Å². The van der Waals surface area contributed by atoms with Crippen LogP contribution in [0, 0.1) is 0 Å². The normalized spacial score (nSPS) is 15.1. The predicted molar refractivity (Wildman–Crippen MR) is 86.4 cm³/mol. The van der Waals surface area contributed by atoms with E-state index in [0.29, 0.717) is 6.04 Å². The molecule has 1 atom stereocenters. The maximum Gasteiger partial charge on any atom is 0.108 e. The Hall–Kier alpha value is -1.61. The lowest BCUT2D eigenvalue weighted by molar-refractivity contribution is 0.505. The summed E-state index contributed by atoms with van der Waals surface area (Å²) >= 11 is 0. The van der Waals surface area contributed by atoms with Gasteiger partial charge in [0.15, 0.2) is 0 Å². The van der Waals surface area contributed by atoms with Gasteiger partial charge in [-0.2, -0.15) is 0 Å². The van der Waals surface area contributed by atoms with Crippen molar-refractivity contribution >= 4 is 0 Å². The Kier molecular flexibility index (Phi) is 4.39. The smallest absolute Gasteiger partial charge is 0.108 e. The Balaban J connectivity index is 1.73. The molecule has 3 nitrogen and oxygen atoms in total. The molecule has 0 fully saturated rings. The van der Waals surface area contributed by atoms with Gasteiger partial charge in [0, 0.05) is 31.9 Å². The van der Waals surface area contributed by atoms with E-state index >= 15 is 0 Å². The van der Waals surface area contributed by atoms with Crippen LogP contribution in [0.1, 0.15) is 48.3 Å². The number of imidazole rings is 1. The molecule has 0 spiro atoms. The molecule has 112 valence electrons. The Morgan fingerprint density at radius 3 is 2.90 bits per heavy atom. The van der Waals surface area contributed by atoms with Crippen LogP contribution in [0.15, 0.2) is 30.6 Å². The van der Waals surface area contributed by atoms with Gasteiger partial charge in [0.05, 0.1) is 0 Å². The van der Waals surface area contributed by atoms with Crippen molar-refractivity contribution in [1.29, 1.82) is 0 Å². The quantitative estimate of drug-likeness (QED) is 0.882. The molecule has 2 aromatic rings. The summed E-state index contributed by atoms with van der Waals surface area (Å²) in [6, 6.07) is 7.50. The molecule has 3 heteroatoms. The monoisotopic (exact) mass is 283 g/mol. The summed E-state index contributed by atoms with van der Waals surface area (Å²) in [4.78, 5) is 4.43. The topological polar surface area (TPSA) is 29.9 Å². The van der Waals surface area contributed by atoms with Crippen LogP contribution in [0.3, 0.4) is 0 Å². The fraction of sp³-hybridized carbons (Fsp3) is 0.500. The lowest BCUT2D eigenvalue weighted by Gasteiger charge is -2.19. The van der Waals surface area contributed by atoms with Gasteiger partial charge in [-0.3, -0.25) is 0 Å². The Labute approximate surface area is 127 Å². The van der Waals surface area contributed by atoms with Crippen molar-refractivity contribution in [1.82, 2.24) is 14.9 Å². The highest BCUT2D eigenvalue weighted by Gasteiger charge is 2.16. The molecule has 3 rings (SSSR count). The van der Waals surface area contributed by atoms with Crippen molar-refractivity contribution in [3.8, 4) is 0 Å². The first kappa shape index (κ1) is 14.3. The number of benzene rings is 1. The molecule has 1 heterocycles. The Morgan fingerprint density at radius 2 is 2.14 bits per heavy atom. The van der Waals surface area contributed by atoms with Gasteiger partial charge in [0.1, 0.15) is 5.82 Å². The first-order valence-corrected chi connectivity index (χ1v) is 8.09. The highest BCUT2D eigenvalue weighted by Crippen LogP contribution is 2.27. The molecule has 1 aliphatic rings. The number of hydrogen-bond acceptors (Lipinski definition) is 2. The molecule has 1 aromatic carbocycles. The summed E-state index contributed by atoms with van der Waals surface area (Å²) in [6.07, 6.45) is 9.84.